The van der Waals surface area contributed by atoms with Crippen LogP contribution in [0.15, 0.2) is 6.20 Å². The fourth-order valence-electron chi connectivity index (χ4n) is 0.646. The van der Waals surface area contributed by atoms with Gasteiger partial charge in [0.15, 0.2) is 0 Å². The maximum Gasteiger partial charge on any atom is 0.283 e. The Morgan fingerprint density at radius 3 is 2.55 bits per heavy atom. The van der Waals surface area contributed by atoms with E-state index >= 15 is 0 Å². The first-order valence-corrected chi connectivity index (χ1v) is 3.28. The van der Waals surface area contributed by atoms with Crippen molar-refractivity contribution in [2.75, 3.05) is 0 Å². The molecule has 0 saturated heterocycles. The number of nitrogens with one attached hydrogen (secondary N) is 1. The van der Waals surface area contributed by atoms with Crippen molar-refractivity contribution >= 4 is 0 Å². The zero-order valence-electron chi connectivity index (χ0n) is 6.63. The second-order valence-corrected chi connectivity index (χ2v) is 1.94. The monoisotopic (exact) mass is 153 g/mol. The summed E-state index contributed by atoms with van der Waals surface area (Å²) in [5.41, 5.74) is 1.07. The van der Waals surface area contributed by atoms with Gasteiger partial charge in [0.2, 0.25) is 0 Å². The molecular formula is C7H11N3O. The molecular weight excluding hydrogens is 142 g/mol. The van der Waals surface area contributed by atoms with Crippen LogP contribution < -0.4 is 0 Å². The van der Waals surface area contributed by atoms with Crippen LogP contribution in [0.5, 0.6) is 0 Å². The van der Waals surface area contributed by atoms with Crippen molar-refractivity contribution in [3.63, 3.8) is 0 Å². The smallest absolute Gasteiger partial charge is 0.283 e. The predicted molar refractivity (Wildman–Crippen MR) is 40.3 cm³/mol. The molecule has 1 rings (SSSR count). The average Bonchev–Trinajstić information content (AvgIpc) is 2.37. The van der Waals surface area contributed by atoms with Gasteiger partial charge in [-0.05, 0) is 6.92 Å². The Labute approximate surface area is 65.5 Å². The third-order valence-electron chi connectivity index (χ3n) is 1.09. The molecule has 0 amide bonds. The van der Waals surface area contributed by atoms with Gasteiger partial charge in [0, 0.05) is 12.6 Å². The molecule has 0 aliphatic heterocycles. The SMILES string of the molecule is CCc1nc(C)c[nH]1.N#CO. The minimum absolute atomic E-state index is 0.750. The number of rotatable bonds is 1. The first kappa shape index (κ1) is 9.50. The lowest BCUT2D eigenvalue weighted by molar-refractivity contribution is 0.503. The molecule has 0 atom stereocenters. The molecule has 2 N–H and O–H groups in total. The van der Waals surface area contributed by atoms with Crippen LogP contribution in [-0.4, -0.2) is 15.1 Å². The van der Waals surface area contributed by atoms with Crippen LogP contribution in [0.1, 0.15) is 18.4 Å². The summed E-state index contributed by atoms with van der Waals surface area (Å²) in [7, 11) is 0. The van der Waals surface area contributed by atoms with E-state index in [2.05, 4.69) is 16.9 Å². The number of aromatic amines is 1. The van der Waals surface area contributed by atoms with Crippen molar-refractivity contribution in [1.29, 1.82) is 5.26 Å². The lowest BCUT2D eigenvalue weighted by Gasteiger charge is -1.80. The Morgan fingerprint density at radius 1 is 1.82 bits per heavy atom. The zero-order chi connectivity index (χ0) is 8.69. The van der Waals surface area contributed by atoms with Gasteiger partial charge in [-0.15, -0.1) is 0 Å². The van der Waals surface area contributed by atoms with Crippen LogP contribution in [0.4, 0.5) is 0 Å². The highest BCUT2D eigenvalue weighted by Crippen LogP contribution is 1.93. The summed E-state index contributed by atoms with van der Waals surface area (Å²) in [4.78, 5) is 7.22. The number of hydrogen-bond donors (Lipinski definition) is 2. The van der Waals surface area contributed by atoms with Crippen molar-refractivity contribution in [3.8, 4) is 6.26 Å². The molecule has 0 radical (unpaired) electrons. The summed E-state index contributed by atoms with van der Waals surface area (Å²) in [5, 5.41) is 13.8. The Bertz CT molecular complexity index is 236. The van der Waals surface area contributed by atoms with E-state index in [4.69, 9.17) is 10.4 Å². The number of hydrogen-bond acceptors (Lipinski definition) is 3. The van der Waals surface area contributed by atoms with Crippen molar-refractivity contribution in [1.82, 2.24) is 9.97 Å². The number of aryl methyl sites for hydroxylation is 2. The van der Waals surface area contributed by atoms with Gasteiger partial charge in [-0.2, -0.15) is 5.26 Å². The first-order chi connectivity index (χ1) is 5.24. The van der Waals surface area contributed by atoms with Crippen LogP contribution in [0.25, 0.3) is 0 Å². The normalized spacial score (nSPS) is 7.73. The maximum atomic E-state index is 6.88. The Morgan fingerprint density at radius 2 is 2.36 bits per heavy atom. The van der Waals surface area contributed by atoms with Gasteiger partial charge in [-0.1, -0.05) is 6.92 Å². The third kappa shape index (κ3) is 3.98. The van der Waals surface area contributed by atoms with Crippen LogP contribution in [0.2, 0.25) is 0 Å². The van der Waals surface area contributed by atoms with E-state index in [-0.39, 0.29) is 0 Å². The van der Waals surface area contributed by atoms with Gasteiger partial charge in [0.25, 0.3) is 6.26 Å². The number of aromatic nitrogens is 2. The lowest BCUT2D eigenvalue weighted by Crippen LogP contribution is -1.80. The summed E-state index contributed by atoms with van der Waals surface area (Å²) >= 11 is 0. The molecule has 11 heavy (non-hydrogen) atoms. The summed E-state index contributed by atoms with van der Waals surface area (Å²) < 4.78 is 0. The minimum Gasteiger partial charge on any atom is -0.443 e. The number of aliphatic hydroxyl groups is 1. The number of nitriles is 1. The molecule has 0 spiro atoms. The molecule has 0 aliphatic rings. The molecule has 1 heterocycles. The van der Waals surface area contributed by atoms with E-state index in [0.717, 1.165) is 24.2 Å². The number of H-pyrrole nitrogens is 1. The standard InChI is InChI=1S/C6H10N2.CHNO/c1-3-6-7-4-5(2)8-6;2-1-3/h4H,3H2,1-2H3,(H,7,8);3H. The predicted octanol–water partition coefficient (Wildman–Crippen LogP) is 1.12. The fraction of sp³-hybridized carbons (Fsp3) is 0.429. The second-order valence-electron chi connectivity index (χ2n) is 1.94. The molecule has 0 aromatic carbocycles. The van der Waals surface area contributed by atoms with E-state index in [1.165, 1.54) is 0 Å². The highest BCUT2D eigenvalue weighted by molar-refractivity contribution is 4.97. The summed E-state index contributed by atoms with van der Waals surface area (Å²) in [6.07, 6.45) is 3.66. The third-order valence-corrected chi connectivity index (χ3v) is 1.09. The quantitative estimate of drug-likeness (QED) is 0.594. The molecule has 0 unspecified atom stereocenters. The van der Waals surface area contributed by atoms with Gasteiger partial charge in [-0.25, -0.2) is 4.98 Å². The minimum atomic E-state index is 0.750. The number of nitrogens with zero attached hydrogens (tertiary/aromatic N) is 2. The van der Waals surface area contributed by atoms with Gasteiger partial charge >= 0.3 is 0 Å². The van der Waals surface area contributed by atoms with Gasteiger partial charge in [0.1, 0.15) is 5.82 Å². The van der Waals surface area contributed by atoms with Gasteiger partial charge in [-0.3, -0.25) is 0 Å². The van der Waals surface area contributed by atoms with Crippen molar-refractivity contribution in [3.05, 3.63) is 17.7 Å². The molecule has 0 saturated carbocycles. The van der Waals surface area contributed by atoms with Crippen LogP contribution in [0.3, 0.4) is 0 Å². The van der Waals surface area contributed by atoms with E-state index in [1.54, 1.807) is 0 Å². The first-order valence-electron chi connectivity index (χ1n) is 3.28. The maximum absolute atomic E-state index is 6.88. The Kier molecular flexibility index (Phi) is 4.58. The largest absolute Gasteiger partial charge is 0.443 e. The number of imidazole rings is 1. The highest BCUT2D eigenvalue weighted by atomic mass is 16.2. The Balaban J connectivity index is 0.000000292. The molecule has 4 nitrogen and oxygen atoms in total. The molecule has 1 aromatic rings. The van der Waals surface area contributed by atoms with Crippen LogP contribution in [-0.2, 0) is 6.42 Å². The van der Waals surface area contributed by atoms with Crippen molar-refractivity contribution in [2.24, 2.45) is 0 Å². The van der Waals surface area contributed by atoms with Gasteiger partial charge < -0.3 is 10.1 Å². The van der Waals surface area contributed by atoms with E-state index < -0.39 is 0 Å². The molecule has 0 fully saturated rings. The summed E-state index contributed by atoms with van der Waals surface area (Å²) in [6.45, 7) is 4.06. The van der Waals surface area contributed by atoms with Crippen molar-refractivity contribution in [2.45, 2.75) is 20.3 Å². The molecule has 1 aromatic heterocycles. The average molecular weight is 153 g/mol. The zero-order valence-corrected chi connectivity index (χ0v) is 6.63. The summed E-state index contributed by atoms with van der Waals surface area (Å²) in [5.74, 6) is 1.07. The fourth-order valence-corrected chi connectivity index (χ4v) is 0.646. The van der Waals surface area contributed by atoms with E-state index in [0.29, 0.717) is 0 Å². The van der Waals surface area contributed by atoms with Crippen LogP contribution >= 0.6 is 0 Å². The molecule has 60 valence electrons. The Hall–Kier alpha value is -1.50. The summed E-state index contributed by atoms with van der Waals surface area (Å²) in [6, 6.07) is 0. The topological polar surface area (TPSA) is 72.7 Å². The van der Waals surface area contributed by atoms with E-state index in [1.807, 2.05) is 13.1 Å². The van der Waals surface area contributed by atoms with Gasteiger partial charge in [0.05, 0.1) is 5.69 Å². The second kappa shape index (κ2) is 5.30. The highest BCUT2D eigenvalue weighted by Gasteiger charge is 1.89. The number of aliphatic hydroxyl groups excluding tert-OH is 1. The molecule has 0 aliphatic carbocycles. The lowest BCUT2D eigenvalue weighted by atomic mass is 10.5. The van der Waals surface area contributed by atoms with Crippen LogP contribution in [0, 0.1) is 18.4 Å². The molecule has 4 heteroatoms. The molecule has 0 bridgehead atoms. The van der Waals surface area contributed by atoms with Crippen molar-refractivity contribution < 1.29 is 5.11 Å². The van der Waals surface area contributed by atoms with E-state index in [9.17, 15) is 0 Å².